The summed E-state index contributed by atoms with van der Waals surface area (Å²) in [5.41, 5.74) is 17.9. The van der Waals surface area contributed by atoms with Crippen molar-refractivity contribution in [2.24, 2.45) is 16.5 Å². The molecule has 7 heteroatoms. The number of anilines is 1. The van der Waals surface area contributed by atoms with E-state index in [-0.39, 0.29) is 5.96 Å². The van der Waals surface area contributed by atoms with Gasteiger partial charge in [0.25, 0.3) is 0 Å². The first-order valence-corrected chi connectivity index (χ1v) is 7.02. The maximum atomic E-state index is 5.63. The quantitative estimate of drug-likeness (QED) is 0.343. The van der Waals surface area contributed by atoms with Gasteiger partial charge in [-0.3, -0.25) is 0 Å². The summed E-state index contributed by atoms with van der Waals surface area (Å²) in [5, 5.41) is 2.54. The monoisotopic (exact) mass is 279 g/mol. The minimum atomic E-state index is 0.0297. The van der Waals surface area contributed by atoms with Crippen LogP contribution >= 0.6 is 23.1 Å². The highest BCUT2D eigenvalue weighted by Crippen LogP contribution is 2.26. The average molecular weight is 279 g/mol. The Kier molecular flexibility index (Phi) is 4.06. The maximum Gasteiger partial charge on any atom is 0.212 e. The van der Waals surface area contributed by atoms with Crippen LogP contribution in [-0.2, 0) is 5.75 Å². The fraction of sp³-hybridized carbons (Fsp3) is 0.0909. The summed E-state index contributed by atoms with van der Waals surface area (Å²) < 4.78 is 0. The van der Waals surface area contributed by atoms with E-state index < -0.39 is 0 Å². The Morgan fingerprint density at radius 3 is 2.67 bits per heavy atom. The van der Waals surface area contributed by atoms with Gasteiger partial charge in [0.2, 0.25) is 5.13 Å². The van der Waals surface area contributed by atoms with E-state index in [0.717, 1.165) is 22.0 Å². The molecule has 0 spiro atoms. The molecule has 0 aliphatic rings. The van der Waals surface area contributed by atoms with Crippen LogP contribution in [0.25, 0.3) is 0 Å². The fourth-order valence-corrected chi connectivity index (χ4v) is 2.85. The lowest BCUT2D eigenvalue weighted by atomic mass is 10.3. The van der Waals surface area contributed by atoms with Crippen molar-refractivity contribution in [3.8, 4) is 0 Å². The molecule has 0 radical (unpaired) electrons. The first kappa shape index (κ1) is 12.7. The van der Waals surface area contributed by atoms with Gasteiger partial charge in [0, 0.05) is 21.7 Å². The number of benzene rings is 1. The second kappa shape index (κ2) is 5.74. The SMILES string of the molecule is NC(N)=Nc1nc(CSc2ccc(N)cc2)cs1. The lowest BCUT2D eigenvalue weighted by Gasteiger charge is -1.99. The zero-order chi connectivity index (χ0) is 13.0. The summed E-state index contributed by atoms with van der Waals surface area (Å²) in [6.45, 7) is 0. The third-order valence-electron chi connectivity index (χ3n) is 2.03. The lowest BCUT2D eigenvalue weighted by molar-refractivity contribution is 1.21. The number of nitrogen functional groups attached to an aromatic ring is 1. The molecule has 1 aromatic carbocycles. The van der Waals surface area contributed by atoms with Crippen molar-refractivity contribution in [2.75, 3.05) is 5.73 Å². The van der Waals surface area contributed by atoms with Crippen LogP contribution in [0, 0.1) is 0 Å². The number of thiazole rings is 1. The molecule has 0 amide bonds. The summed E-state index contributed by atoms with van der Waals surface area (Å²) in [6, 6.07) is 7.75. The van der Waals surface area contributed by atoms with Crippen molar-refractivity contribution in [1.82, 2.24) is 4.98 Å². The van der Waals surface area contributed by atoms with Crippen molar-refractivity contribution in [1.29, 1.82) is 0 Å². The molecule has 1 heterocycles. The number of rotatable bonds is 4. The predicted octanol–water partition coefficient (Wildman–Crippen LogP) is 1.92. The van der Waals surface area contributed by atoms with Crippen LogP contribution in [0.4, 0.5) is 10.8 Å². The Hall–Kier alpha value is -1.73. The highest BCUT2D eigenvalue weighted by atomic mass is 32.2. The van der Waals surface area contributed by atoms with Gasteiger partial charge in [-0.15, -0.1) is 23.1 Å². The number of hydrogen-bond donors (Lipinski definition) is 3. The molecule has 0 saturated heterocycles. The number of guanidine groups is 1. The Bertz CT molecular complexity index is 543. The van der Waals surface area contributed by atoms with Gasteiger partial charge in [0.05, 0.1) is 5.69 Å². The highest BCUT2D eigenvalue weighted by molar-refractivity contribution is 7.98. The summed E-state index contributed by atoms with van der Waals surface area (Å²) in [6.07, 6.45) is 0. The minimum Gasteiger partial charge on any atom is -0.399 e. The Morgan fingerprint density at radius 2 is 2.00 bits per heavy atom. The summed E-state index contributed by atoms with van der Waals surface area (Å²) >= 11 is 3.12. The maximum absolute atomic E-state index is 5.63. The van der Waals surface area contributed by atoms with Crippen LogP contribution in [0.5, 0.6) is 0 Å². The Morgan fingerprint density at radius 1 is 1.28 bits per heavy atom. The van der Waals surface area contributed by atoms with Crippen LogP contribution in [0.15, 0.2) is 39.5 Å². The number of thioether (sulfide) groups is 1. The van der Waals surface area contributed by atoms with E-state index in [1.807, 2.05) is 29.6 Å². The zero-order valence-corrected chi connectivity index (χ0v) is 11.2. The largest absolute Gasteiger partial charge is 0.399 e. The first-order chi connectivity index (χ1) is 8.63. The highest BCUT2D eigenvalue weighted by Gasteiger charge is 2.02. The van der Waals surface area contributed by atoms with Crippen molar-refractivity contribution in [3.63, 3.8) is 0 Å². The molecule has 1 aromatic heterocycles. The molecule has 2 aromatic rings. The van der Waals surface area contributed by atoms with E-state index in [9.17, 15) is 0 Å². The Labute approximate surface area is 113 Å². The molecule has 0 atom stereocenters. The molecular weight excluding hydrogens is 266 g/mol. The topological polar surface area (TPSA) is 103 Å². The van der Waals surface area contributed by atoms with Gasteiger partial charge in [0.1, 0.15) is 0 Å². The number of nitrogens with zero attached hydrogens (tertiary/aromatic N) is 2. The van der Waals surface area contributed by atoms with E-state index in [4.69, 9.17) is 17.2 Å². The molecule has 0 bridgehead atoms. The van der Waals surface area contributed by atoms with Crippen LogP contribution in [0.1, 0.15) is 5.69 Å². The number of nitrogens with two attached hydrogens (primary N) is 3. The molecule has 0 aliphatic carbocycles. The number of aromatic nitrogens is 1. The van der Waals surface area contributed by atoms with Crippen LogP contribution in [0.3, 0.4) is 0 Å². The average Bonchev–Trinajstić information content (AvgIpc) is 2.75. The van der Waals surface area contributed by atoms with E-state index in [2.05, 4.69) is 9.98 Å². The zero-order valence-electron chi connectivity index (χ0n) is 9.54. The summed E-state index contributed by atoms with van der Waals surface area (Å²) in [5.74, 6) is 0.808. The van der Waals surface area contributed by atoms with Gasteiger partial charge in [-0.25, -0.2) is 4.98 Å². The molecule has 94 valence electrons. The van der Waals surface area contributed by atoms with E-state index in [1.54, 1.807) is 11.8 Å². The van der Waals surface area contributed by atoms with Crippen molar-refractivity contribution in [3.05, 3.63) is 35.3 Å². The fourth-order valence-electron chi connectivity index (χ4n) is 1.25. The molecule has 5 nitrogen and oxygen atoms in total. The van der Waals surface area contributed by atoms with Gasteiger partial charge in [-0.2, -0.15) is 4.99 Å². The van der Waals surface area contributed by atoms with Crippen LogP contribution in [0.2, 0.25) is 0 Å². The van der Waals surface area contributed by atoms with E-state index in [0.29, 0.717) is 5.13 Å². The molecule has 0 unspecified atom stereocenters. The van der Waals surface area contributed by atoms with Crippen LogP contribution < -0.4 is 17.2 Å². The van der Waals surface area contributed by atoms with Crippen molar-refractivity contribution < 1.29 is 0 Å². The molecule has 0 saturated carbocycles. The number of hydrogen-bond acceptors (Lipinski definition) is 5. The van der Waals surface area contributed by atoms with Crippen molar-refractivity contribution in [2.45, 2.75) is 10.6 Å². The molecule has 6 N–H and O–H groups in total. The molecular formula is C11H13N5S2. The van der Waals surface area contributed by atoms with Gasteiger partial charge in [0.15, 0.2) is 5.96 Å². The van der Waals surface area contributed by atoms with E-state index >= 15 is 0 Å². The third kappa shape index (κ3) is 3.64. The first-order valence-electron chi connectivity index (χ1n) is 5.16. The summed E-state index contributed by atoms with van der Waals surface area (Å²) in [4.78, 5) is 9.36. The molecule has 0 aliphatic heterocycles. The van der Waals surface area contributed by atoms with Gasteiger partial charge < -0.3 is 17.2 Å². The molecule has 18 heavy (non-hydrogen) atoms. The lowest BCUT2D eigenvalue weighted by Crippen LogP contribution is -2.21. The second-order valence-corrected chi connectivity index (χ2v) is 5.40. The minimum absolute atomic E-state index is 0.0297. The Balaban J connectivity index is 1.96. The molecule has 2 rings (SSSR count). The molecule has 0 fully saturated rings. The summed E-state index contributed by atoms with van der Waals surface area (Å²) in [7, 11) is 0. The van der Waals surface area contributed by atoms with Crippen LogP contribution in [-0.4, -0.2) is 10.9 Å². The van der Waals surface area contributed by atoms with Gasteiger partial charge in [-0.1, -0.05) is 0 Å². The number of aliphatic imine (C=N–C) groups is 1. The normalized spacial score (nSPS) is 10.2. The second-order valence-electron chi connectivity index (χ2n) is 3.52. The van der Waals surface area contributed by atoms with Crippen molar-refractivity contribution >= 4 is 39.9 Å². The predicted molar refractivity (Wildman–Crippen MR) is 78.0 cm³/mol. The third-order valence-corrected chi connectivity index (χ3v) is 3.86. The smallest absolute Gasteiger partial charge is 0.212 e. The van der Waals surface area contributed by atoms with Gasteiger partial charge in [-0.05, 0) is 24.3 Å². The van der Waals surface area contributed by atoms with E-state index in [1.165, 1.54) is 11.3 Å². The van der Waals surface area contributed by atoms with Gasteiger partial charge >= 0.3 is 0 Å². The standard InChI is InChI=1S/C11H13N5S2/c12-7-1-3-9(4-2-7)17-5-8-6-18-11(15-8)16-10(13)14/h1-4,6H,5,12H2,(H4,13,14,15,16).